The van der Waals surface area contributed by atoms with Crippen molar-refractivity contribution in [2.24, 2.45) is 0 Å². The van der Waals surface area contributed by atoms with Crippen molar-refractivity contribution in [1.29, 1.82) is 0 Å². The zero-order valence-corrected chi connectivity index (χ0v) is 14.4. The Hall–Kier alpha value is -1.38. The van der Waals surface area contributed by atoms with Gasteiger partial charge in [-0.15, -0.1) is 3.89 Å². The monoisotopic (exact) mass is 350 g/mol. The molecular weight excluding hydrogens is 327 g/mol. The molecule has 2 unspecified atom stereocenters. The summed E-state index contributed by atoms with van der Waals surface area (Å²) in [5.41, 5.74) is -0.610. The van der Waals surface area contributed by atoms with E-state index in [2.05, 4.69) is 0 Å². The summed E-state index contributed by atoms with van der Waals surface area (Å²) in [6.45, 7) is 5.91. The smallest absolute Gasteiger partial charge is 0.410 e. The lowest BCUT2D eigenvalue weighted by atomic mass is 10.2. The summed E-state index contributed by atoms with van der Waals surface area (Å²) in [5.74, 6) is -0.396. The predicted octanol–water partition coefficient (Wildman–Crippen LogP) is 1.29. The lowest BCUT2D eigenvalue weighted by Gasteiger charge is -2.30. The molecule has 132 valence electrons. The van der Waals surface area contributed by atoms with Crippen LogP contribution in [0.3, 0.4) is 0 Å². The van der Waals surface area contributed by atoms with Gasteiger partial charge < -0.3 is 14.5 Å². The highest BCUT2D eigenvalue weighted by atomic mass is 32.3. The van der Waals surface area contributed by atoms with Crippen molar-refractivity contribution in [3.63, 3.8) is 0 Å². The number of rotatable bonds is 3. The van der Waals surface area contributed by atoms with Crippen LogP contribution in [-0.2, 0) is 19.8 Å². The van der Waals surface area contributed by atoms with E-state index in [1.54, 1.807) is 25.7 Å². The van der Waals surface area contributed by atoms with E-state index in [1.807, 2.05) is 0 Å². The van der Waals surface area contributed by atoms with E-state index in [4.69, 9.17) is 4.74 Å². The topological polar surface area (TPSA) is 84.0 Å². The van der Waals surface area contributed by atoms with Crippen molar-refractivity contribution < 1.29 is 26.6 Å². The molecule has 0 radical (unpaired) electrons. The summed E-state index contributed by atoms with van der Waals surface area (Å²) in [5, 5.41) is -1.30. The summed E-state index contributed by atoms with van der Waals surface area (Å²) in [6.07, 6.45) is 0.714. The Morgan fingerprint density at radius 2 is 2.04 bits per heavy atom. The number of amides is 2. The van der Waals surface area contributed by atoms with Crippen molar-refractivity contribution in [2.75, 3.05) is 19.6 Å². The second kappa shape index (κ2) is 6.26. The molecule has 0 saturated carbocycles. The highest BCUT2D eigenvalue weighted by Gasteiger charge is 2.41. The average molecular weight is 350 g/mol. The maximum atomic E-state index is 13.1. The molecule has 2 heterocycles. The Kier molecular flexibility index (Phi) is 4.89. The number of likely N-dealkylation sites (tertiary alicyclic amines) is 2. The van der Waals surface area contributed by atoms with Crippen LogP contribution in [0, 0.1) is 0 Å². The van der Waals surface area contributed by atoms with Crippen molar-refractivity contribution in [3.05, 3.63) is 0 Å². The Labute approximate surface area is 136 Å². The second-order valence-electron chi connectivity index (χ2n) is 7.07. The lowest BCUT2D eigenvalue weighted by Crippen LogP contribution is -2.45. The van der Waals surface area contributed by atoms with Gasteiger partial charge in [0.1, 0.15) is 10.9 Å². The number of carbonyl (C=O) groups is 2. The standard InChI is InChI=1S/C14H23FN2O5S/c1-14(2,3)22-13(19)17-6-4-5-10(17)8-16-9-11(7-12(16)18)23(15,20)21/h10-11H,4-9H2,1-3H3. The lowest BCUT2D eigenvalue weighted by molar-refractivity contribution is -0.128. The van der Waals surface area contributed by atoms with Gasteiger partial charge in [0.05, 0.1) is 6.04 Å². The van der Waals surface area contributed by atoms with Crippen LogP contribution in [0.1, 0.15) is 40.0 Å². The average Bonchev–Trinajstić information content (AvgIpc) is 2.95. The Morgan fingerprint density at radius 3 is 2.57 bits per heavy atom. The molecule has 2 aliphatic heterocycles. The second-order valence-corrected chi connectivity index (χ2v) is 8.69. The van der Waals surface area contributed by atoms with Gasteiger partial charge in [-0.25, -0.2) is 4.79 Å². The molecule has 0 aromatic carbocycles. The molecule has 2 rings (SSSR count). The molecule has 0 N–H and O–H groups in total. The minimum atomic E-state index is -4.72. The quantitative estimate of drug-likeness (QED) is 0.716. The van der Waals surface area contributed by atoms with Gasteiger partial charge in [0.15, 0.2) is 0 Å². The molecule has 9 heteroatoms. The zero-order valence-electron chi connectivity index (χ0n) is 13.6. The van der Waals surface area contributed by atoms with Crippen molar-refractivity contribution in [1.82, 2.24) is 9.80 Å². The fourth-order valence-corrected chi connectivity index (χ4v) is 3.64. The van der Waals surface area contributed by atoms with Gasteiger partial charge in [0.2, 0.25) is 5.91 Å². The Morgan fingerprint density at radius 1 is 1.39 bits per heavy atom. The predicted molar refractivity (Wildman–Crippen MR) is 81.0 cm³/mol. The highest BCUT2D eigenvalue weighted by Crippen LogP contribution is 2.25. The van der Waals surface area contributed by atoms with Gasteiger partial charge in [-0.05, 0) is 33.6 Å². The molecule has 23 heavy (non-hydrogen) atoms. The summed E-state index contributed by atoms with van der Waals surface area (Å²) in [6, 6.07) is -0.227. The molecule has 0 aliphatic carbocycles. The van der Waals surface area contributed by atoms with E-state index in [-0.39, 0.29) is 25.6 Å². The van der Waals surface area contributed by atoms with Crippen LogP contribution in [-0.4, -0.2) is 66.7 Å². The number of carbonyl (C=O) groups excluding carboxylic acids is 2. The van der Waals surface area contributed by atoms with Crippen LogP contribution in [0.4, 0.5) is 8.68 Å². The molecule has 0 bridgehead atoms. The molecule has 2 aliphatic rings. The van der Waals surface area contributed by atoms with Crippen LogP contribution >= 0.6 is 0 Å². The fourth-order valence-electron chi connectivity index (χ4n) is 2.94. The summed E-state index contributed by atoms with van der Waals surface area (Å²) < 4.78 is 40.3. The Bertz CT molecular complexity index is 586. The third-order valence-electron chi connectivity index (χ3n) is 4.01. The number of ether oxygens (including phenoxy) is 1. The minimum absolute atomic E-state index is 0.156. The largest absolute Gasteiger partial charge is 0.444 e. The van der Waals surface area contributed by atoms with Crippen LogP contribution in [0.5, 0.6) is 0 Å². The molecule has 2 saturated heterocycles. The van der Waals surface area contributed by atoms with E-state index < -0.39 is 33.1 Å². The van der Waals surface area contributed by atoms with Gasteiger partial charge in [-0.1, -0.05) is 0 Å². The first-order chi connectivity index (χ1) is 10.5. The van der Waals surface area contributed by atoms with Crippen molar-refractivity contribution in [3.8, 4) is 0 Å². The van der Waals surface area contributed by atoms with Crippen LogP contribution in [0.15, 0.2) is 0 Å². The normalized spacial score (nSPS) is 26.0. The van der Waals surface area contributed by atoms with E-state index >= 15 is 0 Å². The molecule has 2 amide bonds. The molecule has 0 spiro atoms. The third-order valence-corrected chi connectivity index (χ3v) is 5.13. The third kappa shape index (κ3) is 4.55. The molecule has 2 atom stereocenters. The van der Waals surface area contributed by atoms with E-state index in [0.717, 1.165) is 6.42 Å². The van der Waals surface area contributed by atoms with Crippen molar-refractivity contribution in [2.45, 2.75) is 56.9 Å². The van der Waals surface area contributed by atoms with Gasteiger partial charge >= 0.3 is 16.3 Å². The highest BCUT2D eigenvalue weighted by molar-refractivity contribution is 7.87. The van der Waals surface area contributed by atoms with Gasteiger partial charge in [-0.2, -0.15) is 8.42 Å². The summed E-state index contributed by atoms with van der Waals surface area (Å²) in [4.78, 5) is 27.0. The SMILES string of the molecule is CC(C)(C)OC(=O)N1CCCC1CN1CC(S(=O)(=O)F)CC1=O. The molecule has 7 nitrogen and oxygen atoms in total. The number of hydrogen-bond donors (Lipinski definition) is 0. The molecule has 2 fully saturated rings. The maximum absolute atomic E-state index is 13.1. The van der Waals surface area contributed by atoms with Crippen LogP contribution in [0.25, 0.3) is 0 Å². The van der Waals surface area contributed by atoms with E-state index in [9.17, 15) is 21.9 Å². The molecule has 0 aromatic rings. The van der Waals surface area contributed by atoms with E-state index in [1.165, 1.54) is 4.90 Å². The van der Waals surface area contributed by atoms with E-state index in [0.29, 0.717) is 13.0 Å². The minimum Gasteiger partial charge on any atom is -0.444 e. The van der Waals surface area contributed by atoms with Crippen LogP contribution in [0.2, 0.25) is 0 Å². The Balaban J connectivity index is 1.99. The first-order valence-electron chi connectivity index (χ1n) is 7.68. The van der Waals surface area contributed by atoms with Crippen molar-refractivity contribution >= 4 is 22.2 Å². The number of hydrogen-bond acceptors (Lipinski definition) is 5. The summed E-state index contributed by atoms with van der Waals surface area (Å²) >= 11 is 0. The molecule has 0 aromatic heterocycles. The van der Waals surface area contributed by atoms with Gasteiger partial charge in [0.25, 0.3) is 0 Å². The molecular formula is C14H23FN2O5S. The first kappa shape index (κ1) is 18.0. The van der Waals surface area contributed by atoms with Gasteiger partial charge in [0, 0.05) is 26.1 Å². The first-order valence-corrected chi connectivity index (χ1v) is 9.13. The zero-order chi connectivity index (χ0) is 17.4. The van der Waals surface area contributed by atoms with Crippen LogP contribution < -0.4 is 0 Å². The fraction of sp³-hybridized carbons (Fsp3) is 0.857. The van der Waals surface area contributed by atoms with Gasteiger partial charge in [-0.3, -0.25) is 4.79 Å². The number of nitrogens with zero attached hydrogens (tertiary/aromatic N) is 2. The number of halogens is 1. The maximum Gasteiger partial charge on any atom is 0.410 e. The summed E-state index contributed by atoms with van der Waals surface area (Å²) in [7, 11) is -4.72.